The fourth-order valence-corrected chi connectivity index (χ4v) is 2.26. The summed E-state index contributed by atoms with van der Waals surface area (Å²) in [6, 6.07) is 0.934. The molecule has 7 heteroatoms. The molecule has 104 valence electrons. The summed E-state index contributed by atoms with van der Waals surface area (Å²) in [6.45, 7) is -0.168. The topological polar surface area (TPSA) is 104 Å². The van der Waals surface area contributed by atoms with Crippen LogP contribution in [0.25, 0.3) is 0 Å². The Balaban J connectivity index is 1.97. The number of aliphatic hydroxyl groups is 1. The molecule has 0 spiro atoms. The summed E-state index contributed by atoms with van der Waals surface area (Å²) in [5.74, 6) is -0.347. The molecule has 0 saturated heterocycles. The Bertz CT molecular complexity index is 563. The first-order valence-corrected chi connectivity index (χ1v) is 6.33. The number of hydrogen-bond acceptors (Lipinski definition) is 4. The quantitative estimate of drug-likeness (QED) is 0.650. The minimum Gasteiger partial charge on any atom is -0.391 e. The highest BCUT2D eigenvalue weighted by Gasteiger charge is 2.24. The maximum absolute atomic E-state index is 11.8. The van der Waals surface area contributed by atoms with Crippen LogP contribution in [-0.2, 0) is 11.3 Å². The van der Waals surface area contributed by atoms with Crippen molar-refractivity contribution in [3.8, 4) is 0 Å². The van der Waals surface area contributed by atoms with E-state index < -0.39 is 17.4 Å². The third kappa shape index (κ3) is 3.54. The lowest BCUT2D eigenvalue weighted by Crippen LogP contribution is -2.47. The van der Waals surface area contributed by atoms with Crippen LogP contribution in [0.1, 0.15) is 25.7 Å². The first kappa shape index (κ1) is 13.5. The molecule has 1 aliphatic rings. The summed E-state index contributed by atoms with van der Waals surface area (Å²) in [4.78, 5) is 36.2. The van der Waals surface area contributed by atoms with Gasteiger partial charge in [0.15, 0.2) is 0 Å². The van der Waals surface area contributed by atoms with E-state index in [1.807, 2.05) is 0 Å². The molecule has 0 unspecified atom stereocenters. The number of H-pyrrole nitrogens is 1. The molecule has 1 aliphatic carbocycles. The molecule has 1 amide bonds. The highest BCUT2D eigenvalue weighted by Crippen LogP contribution is 2.18. The Morgan fingerprint density at radius 1 is 1.42 bits per heavy atom. The van der Waals surface area contributed by atoms with E-state index in [1.54, 1.807) is 0 Å². The fourth-order valence-electron chi connectivity index (χ4n) is 2.26. The number of rotatable bonds is 3. The maximum atomic E-state index is 11.8. The van der Waals surface area contributed by atoms with Gasteiger partial charge >= 0.3 is 5.69 Å². The zero-order chi connectivity index (χ0) is 13.8. The number of aromatic amines is 1. The first-order valence-electron chi connectivity index (χ1n) is 6.33. The molecule has 0 aromatic carbocycles. The molecule has 0 aliphatic heterocycles. The molecule has 1 aromatic heterocycles. The maximum Gasteiger partial charge on any atom is 0.328 e. The normalized spacial score (nSPS) is 23.0. The second-order valence-corrected chi connectivity index (χ2v) is 4.76. The van der Waals surface area contributed by atoms with Gasteiger partial charge in [-0.2, -0.15) is 0 Å². The third-order valence-electron chi connectivity index (χ3n) is 3.29. The summed E-state index contributed by atoms with van der Waals surface area (Å²) in [5, 5.41) is 12.5. The Morgan fingerprint density at radius 2 is 2.16 bits per heavy atom. The minimum absolute atomic E-state index is 0.168. The SMILES string of the molecule is O=C(Cn1ccc(=O)[nH]c1=O)N[C@H]1CCCC[C@@H]1O. The number of nitrogens with one attached hydrogen (secondary N) is 2. The van der Waals surface area contributed by atoms with Crippen molar-refractivity contribution in [2.75, 3.05) is 0 Å². The van der Waals surface area contributed by atoms with E-state index in [2.05, 4.69) is 10.3 Å². The van der Waals surface area contributed by atoms with E-state index >= 15 is 0 Å². The van der Waals surface area contributed by atoms with Crippen LogP contribution in [0.15, 0.2) is 21.9 Å². The van der Waals surface area contributed by atoms with Gasteiger partial charge in [0.25, 0.3) is 5.56 Å². The number of hydrogen-bond donors (Lipinski definition) is 3. The van der Waals surface area contributed by atoms with E-state index in [0.29, 0.717) is 6.42 Å². The molecule has 19 heavy (non-hydrogen) atoms. The van der Waals surface area contributed by atoms with Crippen LogP contribution in [0.2, 0.25) is 0 Å². The number of carbonyl (C=O) groups is 1. The molecule has 1 saturated carbocycles. The summed E-state index contributed by atoms with van der Waals surface area (Å²) in [5.41, 5.74) is -1.11. The van der Waals surface area contributed by atoms with Crippen LogP contribution in [0.5, 0.6) is 0 Å². The molecule has 1 fully saturated rings. The second kappa shape index (κ2) is 5.83. The predicted octanol–water partition coefficient (Wildman–Crippen LogP) is -1.04. The molecular formula is C12H17N3O4. The molecule has 7 nitrogen and oxygen atoms in total. The third-order valence-corrected chi connectivity index (χ3v) is 3.29. The molecular weight excluding hydrogens is 250 g/mol. The van der Waals surface area contributed by atoms with Crippen molar-refractivity contribution in [1.29, 1.82) is 0 Å². The average Bonchev–Trinajstić information content (AvgIpc) is 2.36. The average molecular weight is 267 g/mol. The predicted molar refractivity (Wildman–Crippen MR) is 67.7 cm³/mol. The lowest BCUT2D eigenvalue weighted by Gasteiger charge is -2.28. The van der Waals surface area contributed by atoms with Gasteiger partial charge in [-0.05, 0) is 12.8 Å². The van der Waals surface area contributed by atoms with Crippen molar-refractivity contribution in [1.82, 2.24) is 14.9 Å². The van der Waals surface area contributed by atoms with Gasteiger partial charge in [0, 0.05) is 12.3 Å². The van der Waals surface area contributed by atoms with Crippen LogP contribution >= 0.6 is 0 Å². The Hall–Kier alpha value is -1.89. The number of aromatic nitrogens is 2. The van der Waals surface area contributed by atoms with Crippen molar-refractivity contribution in [3.05, 3.63) is 33.1 Å². The number of nitrogens with zero attached hydrogens (tertiary/aromatic N) is 1. The van der Waals surface area contributed by atoms with E-state index in [0.717, 1.165) is 23.8 Å². The lowest BCUT2D eigenvalue weighted by molar-refractivity contribution is -0.123. The van der Waals surface area contributed by atoms with Crippen molar-refractivity contribution >= 4 is 5.91 Å². The number of carbonyl (C=O) groups excluding carboxylic acids is 1. The van der Waals surface area contributed by atoms with E-state index in [9.17, 15) is 19.5 Å². The van der Waals surface area contributed by atoms with Gasteiger partial charge in [0.1, 0.15) is 6.54 Å². The fraction of sp³-hybridized carbons (Fsp3) is 0.583. The summed E-state index contributed by atoms with van der Waals surface area (Å²) in [6.07, 6.45) is 4.12. The number of aliphatic hydroxyl groups excluding tert-OH is 1. The summed E-state index contributed by atoms with van der Waals surface area (Å²) >= 11 is 0. The van der Waals surface area contributed by atoms with Crippen LogP contribution in [0.4, 0.5) is 0 Å². The van der Waals surface area contributed by atoms with Crippen LogP contribution < -0.4 is 16.6 Å². The number of amides is 1. The van der Waals surface area contributed by atoms with E-state index in [4.69, 9.17) is 0 Å². The lowest BCUT2D eigenvalue weighted by atomic mass is 9.92. The monoisotopic (exact) mass is 267 g/mol. The van der Waals surface area contributed by atoms with Crippen molar-refractivity contribution in [3.63, 3.8) is 0 Å². The van der Waals surface area contributed by atoms with Crippen LogP contribution in [0, 0.1) is 0 Å². The first-order chi connectivity index (χ1) is 9.06. The highest BCUT2D eigenvalue weighted by atomic mass is 16.3. The standard InChI is InChI=1S/C12H17N3O4/c16-9-4-2-1-3-8(9)13-11(18)7-15-6-5-10(17)14-12(15)19/h5-6,8-9,16H,1-4,7H2,(H,13,18)(H,14,17,19)/t8-,9-/m0/s1. The molecule has 0 bridgehead atoms. The van der Waals surface area contributed by atoms with Crippen LogP contribution in [-0.4, -0.2) is 32.7 Å². The zero-order valence-corrected chi connectivity index (χ0v) is 10.5. The van der Waals surface area contributed by atoms with Gasteiger partial charge in [-0.25, -0.2) is 4.79 Å². The van der Waals surface area contributed by atoms with Gasteiger partial charge in [0.2, 0.25) is 5.91 Å². The Morgan fingerprint density at radius 3 is 2.84 bits per heavy atom. The smallest absolute Gasteiger partial charge is 0.328 e. The molecule has 2 atom stereocenters. The molecule has 1 heterocycles. The van der Waals surface area contributed by atoms with E-state index in [1.165, 1.54) is 12.3 Å². The molecule has 1 aromatic rings. The largest absolute Gasteiger partial charge is 0.391 e. The van der Waals surface area contributed by atoms with Crippen molar-refractivity contribution in [2.45, 2.75) is 44.4 Å². The van der Waals surface area contributed by atoms with Gasteiger partial charge in [-0.3, -0.25) is 19.1 Å². The second-order valence-electron chi connectivity index (χ2n) is 4.76. The zero-order valence-electron chi connectivity index (χ0n) is 10.5. The minimum atomic E-state index is -0.619. The molecule has 3 N–H and O–H groups in total. The van der Waals surface area contributed by atoms with Crippen LogP contribution in [0.3, 0.4) is 0 Å². The van der Waals surface area contributed by atoms with Gasteiger partial charge in [0.05, 0.1) is 12.1 Å². The van der Waals surface area contributed by atoms with Gasteiger partial charge in [-0.1, -0.05) is 12.8 Å². The Labute approximate surface area is 109 Å². The van der Waals surface area contributed by atoms with E-state index in [-0.39, 0.29) is 18.5 Å². The van der Waals surface area contributed by atoms with Crippen molar-refractivity contribution < 1.29 is 9.90 Å². The Kier molecular flexibility index (Phi) is 4.16. The summed E-state index contributed by atoms with van der Waals surface area (Å²) < 4.78 is 1.12. The van der Waals surface area contributed by atoms with Gasteiger partial charge < -0.3 is 10.4 Å². The molecule has 2 rings (SSSR count). The van der Waals surface area contributed by atoms with Crippen molar-refractivity contribution in [2.24, 2.45) is 0 Å². The van der Waals surface area contributed by atoms with Gasteiger partial charge in [-0.15, -0.1) is 0 Å². The molecule has 0 radical (unpaired) electrons. The highest BCUT2D eigenvalue weighted by molar-refractivity contribution is 5.76. The summed E-state index contributed by atoms with van der Waals surface area (Å²) in [7, 11) is 0.